The van der Waals surface area contributed by atoms with Gasteiger partial charge in [-0.05, 0) is 30.3 Å². The Hall–Kier alpha value is -4.13. The van der Waals surface area contributed by atoms with E-state index in [4.69, 9.17) is 9.84 Å². The predicted molar refractivity (Wildman–Crippen MR) is 122 cm³/mol. The molecule has 0 aliphatic carbocycles. The fourth-order valence-corrected chi connectivity index (χ4v) is 4.02. The van der Waals surface area contributed by atoms with E-state index in [0.717, 1.165) is 33.7 Å². The molecule has 3 aromatic heterocycles. The molecule has 0 unspecified atom stereocenters. The second-order valence-electron chi connectivity index (χ2n) is 7.33. The van der Waals surface area contributed by atoms with E-state index in [-0.39, 0.29) is 0 Å². The van der Waals surface area contributed by atoms with Gasteiger partial charge in [-0.25, -0.2) is 4.79 Å². The fourth-order valence-electron chi connectivity index (χ4n) is 4.02. The second-order valence-corrected chi connectivity index (χ2v) is 7.33. The van der Waals surface area contributed by atoms with E-state index in [1.54, 1.807) is 12.3 Å². The van der Waals surface area contributed by atoms with Crippen LogP contribution in [-0.4, -0.2) is 39.9 Å². The Labute approximate surface area is 178 Å². The van der Waals surface area contributed by atoms with Crippen LogP contribution in [0.5, 0.6) is 0 Å². The number of carbonyl (C=O) groups is 1. The van der Waals surface area contributed by atoms with Crippen molar-refractivity contribution in [1.29, 1.82) is 0 Å². The normalized spacial score (nSPS) is 11.2. The average molecular weight is 411 g/mol. The highest BCUT2D eigenvalue weighted by atomic mass is 16.5. The van der Waals surface area contributed by atoms with Crippen molar-refractivity contribution in [1.82, 2.24) is 19.7 Å². The van der Waals surface area contributed by atoms with Crippen LogP contribution in [0.25, 0.3) is 33.3 Å². The Balaban J connectivity index is 1.69. The summed E-state index contributed by atoms with van der Waals surface area (Å²) in [6.07, 6.45) is 1.61. The van der Waals surface area contributed by atoms with Crippen molar-refractivity contribution in [2.75, 3.05) is 19.1 Å². The summed E-state index contributed by atoms with van der Waals surface area (Å²) >= 11 is 0. The Morgan fingerprint density at radius 2 is 1.90 bits per heavy atom. The number of anilines is 2. The number of hydrogen-bond acceptors (Lipinski definition) is 5. The molecule has 154 valence electrons. The zero-order chi connectivity index (χ0) is 21.5. The first-order valence-corrected chi connectivity index (χ1v) is 9.89. The van der Waals surface area contributed by atoms with Crippen molar-refractivity contribution >= 4 is 39.3 Å². The number of pyridine rings is 1. The van der Waals surface area contributed by atoms with E-state index in [9.17, 15) is 4.79 Å². The number of benzene rings is 2. The minimum Gasteiger partial charge on any atom is -0.465 e. The van der Waals surface area contributed by atoms with Gasteiger partial charge >= 0.3 is 5.97 Å². The van der Waals surface area contributed by atoms with Crippen LogP contribution in [0.3, 0.4) is 0 Å². The number of hydrogen-bond donors (Lipinski definition) is 1. The molecule has 0 fully saturated rings. The molecule has 1 N–H and O–H groups in total. The van der Waals surface area contributed by atoms with E-state index in [1.165, 1.54) is 7.11 Å². The third-order valence-corrected chi connectivity index (χ3v) is 5.53. The predicted octanol–water partition coefficient (Wildman–Crippen LogP) is 4.67. The zero-order valence-electron chi connectivity index (χ0n) is 17.5. The average Bonchev–Trinajstić information content (AvgIpc) is 3.38. The molecule has 5 aromatic rings. The van der Waals surface area contributed by atoms with Gasteiger partial charge in [0.25, 0.3) is 0 Å². The molecule has 0 amide bonds. The van der Waals surface area contributed by atoms with Gasteiger partial charge in [0.1, 0.15) is 5.52 Å². The van der Waals surface area contributed by atoms with Gasteiger partial charge in [0.15, 0.2) is 0 Å². The van der Waals surface area contributed by atoms with Crippen LogP contribution >= 0.6 is 0 Å². The van der Waals surface area contributed by atoms with Crippen LogP contribution in [0.2, 0.25) is 0 Å². The molecule has 7 nitrogen and oxygen atoms in total. The van der Waals surface area contributed by atoms with E-state index < -0.39 is 5.97 Å². The number of nitrogens with zero attached hydrogens (tertiary/aromatic N) is 4. The lowest BCUT2D eigenvalue weighted by Crippen LogP contribution is -2.09. The maximum absolute atomic E-state index is 12.2. The number of esters is 1. The number of ether oxygens (including phenoxy) is 1. The molecular weight excluding hydrogens is 390 g/mol. The summed E-state index contributed by atoms with van der Waals surface area (Å²) < 4.78 is 6.77. The topological polar surface area (TPSA) is 76.0 Å². The van der Waals surface area contributed by atoms with Crippen molar-refractivity contribution in [3.8, 4) is 11.4 Å². The smallest absolute Gasteiger partial charge is 0.340 e. The van der Waals surface area contributed by atoms with Crippen LogP contribution in [0, 0.1) is 0 Å². The molecule has 3 heterocycles. The summed E-state index contributed by atoms with van der Waals surface area (Å²) in [6, 6.07) is 19.9. The standard InChI is InChI=1S/C24H21N5O2/c1-28(15-8-5-4-6-9-15)20-11-7-10-16-22(20)27-29(2)23(16)19-14-18-21(26-19)17(12-13-25-18)24(30)31-3/h4-14,26H,1-3H3. The number of aromatic amines is 1. The first-order chi connectivity index (χ1) is 15.1. The maximum Gasteiger partial charge on any atom is 0.340 e. The number of rotatable bonds is 4. The second kappa shape index (κ2) is 7.28. The molecule has 31 heavy (non-hydrogen) atoms. The van der Waals surface area contributed by atoms with Gasteiger partial charge in [0.2, 0.25) is 0 Å². The van der Waals surface area contributed by atoms with Gasteiger partial charge in [0.05, 0.1) is 40.8 Å². The van der Waals surface area contributed by atoms with Crippen LogP contribution in [-0.2, 0) is 11.8 Å². The van der Waals surface area contributed by atoms with Gasteiger partial charge in [0, 0.05) is 31.4 Å². The lowest BCUT2D eigenvalue weighted by atomic mass is 10.1. The summed E-state index contributed by atoms with van der Waals surface area (Å²) in [6.45, 7) is 0. The highest BCUT2D eigenvalue weighted by molar-refractivity contribution is 6.05. The number of para-hydroxylation sites is 1. The molecule has 5 rings (SSSR count). The quantitative estimate of drug-likeness (QED) is 0.435. The Bertz CT molecular complexity index is 1420. The SMILES string of the molecule is COC(=O)c1ccnc2cc(-c3c4cccc(N(C)c5ccccc5)c4nn3C)[nH]c12. The van der Waals surface area contributed by atoms with Gasteiger partial charge < -0.3 is 14.6 Å². The van der Waals surface area contributed by atoms with Crippen molar-refractivity contribution in [2.24, 2.45) is 7.05 Å². The van der Waals surface area contributed by atoms with Crippen LogP contribution in [0.15, 0.2) is 66.9 Å². The lowest BCUT2D eigenvalue weighted by molar-refractivity contribution is 0.0602. The summed E-state index contributed by atoms with van der Waals surface area (Å²) in [5.41, 5.74) is 6.55. The van der Waals surface area contributed by atoms with Gasteiger partial charge in [-0.15, -0.1) is 0 Å². The molecule has 0 saturated heterocycles. The van der Waals surface area contributed by atoms with Crippen molar-refractivity contribution in [2.45, 2.75) is 0 Å². The van der Waals surface area contributed by atoms with E-state index in [2.05, 4.69) is 39.1 Å². The first kappa shape index (κ1) is 18.9. The minimum atomic E-state index is -0.401. The number of carbonyl (C=O) groups excluding carboxylic acids is 1. The van der Waals surface area contributed by atoms with Gasteiger partial charge in [-0.1, -0.05) is 30.3 Å². The first-order valence-electron chi connectivity index (χ1n) is 9.89. The Morgan fingerprint density at radius 3 is 2.68 bits per heavy atom. The number of aromatic nitrogens is 4. The van der Waals surface area contributed by atoms with Crippen LogP contribution in [0.1, 0.15) is 10.4 Å². The Kier molecular flexibility index (Phi) is 4.43. The molecule has 0 saturated carbocycles. The van der Waals surface area contributed by atoms with E-state index in [1.807, 2.05) is 49.1 Å². The molecule has 0 spiro atoms. The summed E-state index contributed by atoms with van der Waals surface area (Å²) in [5.74, 6) is -0.401. The molecule has 0 aliphatic heterocycles. The van der Waals surface area contributed by atoms with Crippen LogP contribution < -0.4 is 4.90 Å². The van der Waals surface area contributed by atoms with Crippen molar-refractivity contribution < 1.29 is 9.53 Å². The van der Waals surface area contributed by atoms with Crippen molar-refractivity contribution in [3.63, 3.8) is 0 Å². The van der Waals surface area contributed by atoms with Gasteiger partial charge in [-0.2, -0.15) is 5.10 Å². The maximum atomic E-state index is 12.2. The van der Waals surface area contributed by atoms with E-state index in [0.29, 0.717) is 16.6 Å². The largest absolute Gasteiger partial charge is 0.465 e. The Morgan fingerprint density at radius 1 is 1.10 bits per heavy atom. The summed E-state index contributed by atoms with van der Waals surface area (Å²) in [7, 11) is 5.33. The number of H-pyrrole nitrogens is 1. The highest BCUT2D eigenvalue weighted by Crippen LogP contribution is 2.36. The molecule has 2 aromatic carbocycles. The minimum absolute atomic E-state index is 0.401. The third-order valence-electron chi connectivity index (χ3n) is 5.53. The monoisotopic (exact) mass is 411 g/mol. The molecule has 0 bridgehead atoms. The number of fused-ring (bicyclic) bond motifs is 2. The van der Waals surface area contributed by atoms with E-state index >= 15 is 0 Å². The number of methoxy groups -OCH3 is 1. The summed E-state index contributed by atoms with van der Waals surface area (Å²) in [4.78, 5) is 22.1. The zero-order valence-corrected chi connectivity index (χ0v) is 17.5. The molecule has 0 aliphatic rings. The summed E-state index contributed by atoms with van der Waals surface area (Å²) in [5, 5.41) is 5.83. The molecule has 0 atom stereocenters. The lowest BCUT2D eigenvalue weighted by Gasteiger charge is -2.19. The molecule has 0 radical (unpaired) electrons. The van der Waals surface area contributed by atoms with Gasteiger partial charge in [-0.3, -0.25) is 9.67 Å². The molecular formula is C24H21N5O2. The third kappa shape index (κ3) is 3.02. The van der Waals surface area contributed by atoms with Crippen molar-refractivity contribution in [3.05, 3.63) is 72.4 Å². The number of aryl methyl sites for hydroxylation is 1. The van der Waals surface area contributed by atoms with Crippen LogP contribution in [0.4, 0.5) is 11.4 Å². The highest BCUT2D eigenvalue weighted by Gasteiger charge is 2.20. The molecule has 7 heteroatoms. The number of nitrogens with one attached hydrogen (secondary N) is 1. The fraction of sp³-hybridized carbons (Fsp3) is 0.125.